The van der Waals surface area contributed by atoms with Gasteiger partial charge in [0.05, 0.1) is 12.2 Å². The molecule has 1 unspecified atom stereocenters. The predicted octanol–water partition coefficient (Wildman–Crippen LogP) is 3.15. The van der Waals surface area contributed by atoms with E-state index in [-0.39, 0.29) is 6.10 Å². The van der Waals surface area contributed by atoms with E-state index in [1.165, 1.54) is 0 Å². The number of hydrogen-bond acceptors (Lipinski definition) is 2. The fraction of sp³-hybridized carbons (Fsp3) is 0.417. The van der Waals surface area contributed by atoms with Gasteiger partial charge in [0.2, 0.25) is 0 Å². The van der Waals surface area contributed by atoms with Gasteiger partial charge in [0.1, 0.15) is 5.75 Å². The minimum absolute atomic E-state index is 0.164. The average Bonchev–Trinajstić information content (AvgIpc) is 2.25. The van der Waals surface area contributed by atoms with Crippen LogP contribution in [0.15, 0.2) is 30.3 Å². The van der Waals surface area contributed by atoms with Gasteiger partial charge in [-0.25, -0.2) is 0 Å². The number of nitrogens with zero attached hydrogens (tertiary/aromatic N) is 1. The number of nitriles is 1. The van der Waals surface area contributed by atoms with Crippen LogP contribution in [0.1, 0.15) is 26.2 Å². The first kappa shape index (κ1) is 10.6. The van der Waals surface area contributed by atoms with Crippen molar-refractivity contribution >= 4 is 0 Å². The highest BCUT2D eigenvalue weighted by atomic mass is 16.5. The summed E-state index contributed by atoms with van der Waals surface area (Å²) in [6.45, 7) is 2.07. The molecule has 2 heteroatoms. The Morgan fingerprint density at radius 2 is 2.07 bits per heavy atom. The molecular weight excluding hydrogens is 174 g/mol. The maximum atomic E-state index is 8.47. The Kier molecular flexibility index (Phi) is 4.57. The van der Waals surface area contributed by atoms with Crippen molar-refractivity contribution < 1.29 is 4.74 Å². The lowest BCUT2D eigenvalue weighted by Crippen LogP contribution is -2.14. The normalized spacial score (nSPS) is 11.7. The lowest BCUT2D eigenvalue weighted by Gasteiger charge is -2.15. The summed E-state index contributed by atoms with van der Waals surface area (Å²) in [7, 11) is 0. The molecule has 0 bridgehead atoms. The van der Waals surface area contributed by atoms with Crippen LogP contribution in [0.2, 0.25) is 0 Å². The van der Waals surface area contributed by atoms with E-state index in [4.69, 9.17) is 10.00 Å². The van der Waals surface area contributed by atoms with E-state index in [1.54, 1.807) is 0 Å². The number of rotatable bonds is 5. The maximum absolute atomic E-state index is 8.47. The van der Waals surface area contributed by atoms with E-state index in [2.05, 4.69) is 13.0 Å². The van der Waals surface area contributed by atoms with E-state index in [0.29, 0.717) is 6.42 Å². The van der Waals surface area contributed by atoms with Crippen molar-refractivity contribution in [2.75, 3.05) is 0 Å². The van der Waals surface area contributed by atoms with Crippen molar-refractivity contribution in [2.45, 2.75) is 32.3 Å². The maximum Gasteiger partial charge on any atom is 0.119 e. The standard InChI is InChI=1S/C12H15NO/c1-2-11(9-6-10-13)14-12-7-4-3-5-8-12/h3-5,7-8,11H,2,6,9H2,1H3. The Morgan fingerprint density at radius 3 is 2.64 bits per heavy atom. The summed E-state index contributed by atoms with van der Waals surface area (Å²) < 4.78 is 5.71. The molecule has 0 spiro atoms. The van der Waals surface area contributed by atoms with Crippen LogP contribution in [-0.2, 0) is 0 Å². The Hall–Kier alpha value is -1.49. The molecule has 74 valence electrons. The number of para-hydroxylation sites is 1. The third-order valence-electron chi connectivity index (χ3n) is 2.08. The van der Waals surface area contributed by atoms with Gasteiger partial charge >= 0.3 is 0 Å². The Morgan fingerprint density at radius 1 is 1.36 bits per heavy atom. The molecule has 14 heavy (non-hydrogen) atoms. The van der Waals surface area contributed by atoms with E-state index >= 15 is 0 Å². The third-order valence-corrected chi connectivity index (χ3v) is 2.08. The fourth-order valence-corrected chi connectivity index (χ4v) is 1.26. The molecule has 0 aliphatic heterocycles. The zero-order chi connectivity index (χ0) is 10.2. The SMILES string of the molecule is CCC(CCC#N)Oc1ccccc1. The van der Waals surface area contributed by atoms with Crippen molar-refractivity contribution in [3.8, 4) is 11.8 Å². The smallest absolute Gasteiger partial charge is 0.119 e. The van der Waals surface area contributed by atoms with Crippen LogP contribution in [-0.4, -0.2) is 6.10 Å². The van der Waals surface area contributed by atoms with Crippen molar-refractivity contribution in [1.82, 2.24) is 0 Å². The highest BCUT2D eigenvalue weighted by molar-refractivity contribution is 5.21. The van der Waals surface area contributed by atoms with Gasteiger partial charge in [0, 0.05) is 6.42 Å². The first-order valence-corrected chi connectivity index (χ1v) is 4.95. The summed E-state index contributed by atoms with van der Waals surface area (Å²) in [5, 5.41) is 8.47. The monoisotopic (exact) mass is 189 g/mol. The van der Waals surface area contributed by atoms with E-state index in [1.807, 2.05) is 30.3 Å². The second-order valence-electron chi connectivity index (χ2n) is 3.16. The molecular formula is C12H15NO. The molecule has 0 heterocycles. The van der Waals surface area contributed by atoms with Crippen molar-refractivity contribution in [2.24, 2.45) is 0 Å². The van der Waals surface area contributed by atoms with Crippen LogP contribution in [0.3, 0.4) is 0 Å². The highest BCUT2D eigenvalue weighted by Crippen LogP contribution is 2.14. The summed E-state index contributed by atoms with van der Waals surface area (Å²) in [6.07, 6.45) is 2.47. The minimum Gasteiger partial charge on any atom is -0.490 e. The van der Waals surface area contributed by atoms with Crippen LogP contribution in [0.5, 0.6) is 5.75 Å². The molecule has 1 aromatic rings. The zero-order valence-electron chi connectivity index (χ0n) is 8.44. The van der Waals surface area contributed by atoms with Crippen molar-refractivity contribution in [3.05, 3.63) is 30.3 Å². The van der Waals surface area contributed by atoms with Crippen LogP contribution >= 0.6 is 0 Å². The molecule has 0 radical (unpaired) electrons. The van der Waals surface area contributed by atoms with Gasteiger partial charge in [-0.3, -0.25) is 0 Å². The number of benzene rings is 1. The summed E-state index contributed by atoms with van der Waals surface area (Å²) in [5.74, 6) is 0.886. The van der Waals surface area contributed by atoms with Crippen molar-refractivity contribution in [1.29, 1.82) is 5.26 Å². The first-order valence-electron chi connectivity index (χ1n) is 4.95. The van der Waals surface area contributed by atoms with Gasteiger partial charge in [-0.05, 0) is 25.0 Å². The summed E-state index contributed by atoms with van der Waals surface area (Å²) in [5.41, 5.74) is 0. The van der Waals surface area contributed by atoms with Gasteiger partial charge in [-0.2, -0.15) is 5.26 Å². The zero-order valence-corrected chi connectivity index (χ0v) is 8.44. The Labute approximate surface area is 85.1 Å². The van der Waals surface area contributed by atoms with Crippen LogP contribution in [0.25, 0.3) is 0 Å². The largest absolute Gasteiger partial charge is 0.490 e. The molecule has 0 amide bonds. The molecule has 0 saturated heterocycles. The Bertz CT molecular complexity index is 289. The molecule has 0 aromatic heterocycles. The topological polar surface area (TPSA) is 33.0 Å². The number of ether oxygens (including phenoxy) is 1. The number of hydrogen-bond donors (Lipinski definition) is 0. The molecule has 1 aromatic carbocycles. The van der Waals surface area contributed by atoms with Gasteiger partial charge in [0.15, 0.2) is 0 Å². The molecule has 2 nitrogen and oxygen atoms in total. The summed E-state index contributed by atoms with van der Waals surface area (Å²) >= 11 is 0. The van der Waals surface area contributed by atoms with Crippen LogP contribution in [0.4, 0.5) is 0 Å². The average molecular weight is 189 g/mol. The third kappa shape index (κ3) is 3.49. The lowest BCUT2D eigenvalue weighted by atomic mass is 10.1. The van der Waals surface area contributed by atoms with Crippen LogP contribution < -0.4 is 4.74 Å². The summed E-state index contributed by atoms with van der Waals surface area (Å²) in [6, 6.07) is 11.9. The highest BCUT2D eigenvalue weighted by Gasteiger charge is 2.06. The quantitative estimate of drug-likeness (QED) is 0.712. The van der Waals surface area contributed by atoms with Gasteiger partial charge < -0.3 is 4.74 Å². The van der Waals surface area contributed by atoms with Gasteiger partial charge in [-0.1, -0.05) is 25.1 Å². The molecule has 0 fully saturated rings. The Balaban J connectivity index is 2.45. The second-order valence-corrected chi connectivity index (χ2v) is 3.16. The molecule has 0 saturated carbocycles. The fourth-order valence-electron chi connectivity index (χ4n) is 1.26. The molecule has 1 atom stereocenters. The van der Waals surface area contributed by atoms with Crippen molar-refractivity contribution in [3.63, 3.8) is 0 Å². The molecule has 0 aliphatic rings. The van der Waals surface area contributed by atoms with E-state index in [0.717, 1.165) is 18.6 Å². The second kappa shape index (κ2) is 6.04. The van der Waals surface area contributed by atoms with Crippen LogP contribution in [0, 0.1) is 11.3 Å². The molecule has 0 N–H and O–H groups in total. The van der Waals surface area contributed by atoms with Gasteiger partial charge in [-0.15, -0.1) is 0 Å². The predicted molar refractivity (Wildman–Crippen MR) is 56.0 cm³/mol. The summed E-state index contributed by atoms with van der Waals surface area (Å²) in [4.78, 5) is 0. The molecule has 0 aliphatic carbocycles. The molecule has 1 rings (SSSR count). The van der Waals surface area contributed by atoms with Gasteiger partial charge in [0.25, 0.3) is 0 Å². The minimum atomic E-state index is 0.164. The lowest BCUT2D eigenvalue weighted by molar-refractivity contribution is 0.188. The van der Waals surface area contributed by atoms with E-state index < -0.39 is 0 Å². The van der Waals surface area contributed by atoms with E-state index in [9.17, 15) is 0 Å². The first-order chi connectivity index (χ1) is 6.86.